The molecule has 0 amide bonds. The lowest BCUT2D eigenvalue weighted by atomic mass is 9.94. The van der Waals surface area contributed by atoms with Crippen LogP contribution in [-0.4, -0.2) is 50.8 Å². The lowest BCUT2D eigenvalue weighted by molar-refractivity contribution is 0.191. The number of para-hydroxylation sites is 1. The van der Waals surface area contributed by atoms with Crippen LogP contribution < -0.4 is 16.0 Å². The van der Waals surface area contributed by atoms with Crippen molar-refractivity contribution in [3.63, 3.8) is 0 Å². The third-order valence-corrected chi connectivity index (χ3v) is 7.83. The summed E-state index contributed by atoms with van der Waals surface area (Å²) in [4.78, 5) is 12.1. The number of nitrogens with one attached hydrogen (secondary N) is 3. The maximum Gasteiger partial charge on any atom is 0.229 e. The van der Waals surface area contributed by atoms with Gasteiger partial charge in [0, 0.05) is 44.3 Å². The molecule has 0 saturated carbocycles. The van der Waals surface area contributed by atoms with Crippen LogP contribution in [0.2, 0.25) is 0 Å². The molecule has 200 valence electrons. The summed E-state index contributed by atoms with van der Waals surface area (Å²) in [5.74, 6) is 2.16. The molecule has 0 bridgehead atoms. The molecule has 0 aliphatic carbocycles. The van der Waals surface area contributed by atoms with Crippen LogP contribution in [0, 0.1) is 19.8 Å². The topological polar surface area (TPSA) is 82.9 Å². The monoisotopic (exact) mass is 532 g/mol. The lowest BCUT2D eigenvalue weighted by Gasteiger charge is -2.33. The Labute approximate surface area is 230 Å². The molecule has 9 heteroatoms. The van der Waals surface area contributed by atoms with Gasteiger partial charge in [-0.1, -0.05) is 24.3 Å². The van der Waals surface area contributed by atoms with Gasteiger partial charge in [0.1, 0.15) is 0 Å². The zero-order valence-corrected chi connectivity index (χ0v) is 23.2. The molecule has 0 atom stereocenters. The number of aromatic nitrogens is 4. The maximum atomic E-state index is 4.80. The molecule has 2 aliphatic rings. The van der Waals surface area contributed by atoms with E-state index in [0.29, 0.717) is 5.95 Å². The first kappa shape index (κ1) is 26.4. The Kier molecular flexibility index (Phi) is 7.83. The molecule has 4 aromatic rings. The Balaban J connectivity index is 0.00000294. The van der Waals surface area contributed by atoms with E-state index in [4.69, 9.17) is 10.1 Å². The Morgan fingerprint density at radius 1 is 1.03 bits per heavy atom. The van der Waals surface area contributed by atoms with Gasteiger partial charge in [-0.15, -0.1) is 12.4 Å². The van der Waals surface area contributed by atoms with Crippen LogP contribution in [0.15, 0.2) is 42.6 Å². The maximum absolute atomic E-state index is 4.80. The molecule has 3 N–H and O–H groups in total. The highest BCUT2D eigenvalue weighted by atomic mass is 35.5. The quantitative estimate of drug-likeness (QED) is 0.313. The van der Waals surface area contributed by atoms with Gasteiger partial charge in [-0.2, -0.15) is 10.1 Å². The molecule has 0 spiro atoms. The molecule has 0 unspecified atom stereocenters. The van der Waals surface area contributed by atoms with Crippen molar-refractivity contribution in [2.75, 3.05) is 36.8 Å². The Hall–Kier alpha value is -3.20. The minimum Gasteiger partial charge on any atom is -0.338 e. The van der Waals surface area contributed by atoms with E-state index in [-0.39, 0.29) is 12.4 Å². The summed E-state index contributed by atoms with van der Waals surface area (Å²) in [6.07, 6.45) is 5.56. The van der Waals surface area contributed by atoms with Gasteiger partial charge in [0.15, 0.2) is 11.5 Å². The van der Waals surface area contributed by atoms with Crippen molar-refractivity contribution in [3.8, 4) is 0 Å². The molecule has 38 heavy (non-hydrogen) atoms. The van der Waals surface area contributed by atoms with Gasteiger partial charge in [-0.3, -0.25) is 4.90 Å². The van der Waals surface area contributed by atoms with Crippen molar-refractivity contribution in [2.24, 2.45) is 13.0 Å². The van der Waals surface area contributed by atoms with Crippen LogP contribution in [0.4, 0.5) is 23.1 Å². The highest BCUT2D eigenvalue weighted by Gasteiger charge is 2.21. The molecule has 2 aromatic carbocycles. The number of halogens is 1. The van der Waals surface area contributed by atoms with E-state index in [0.717, 1.165) is 66.7 Å². The summed E-state index contributed by atoms with van der Waals surface area (Å²) in [7, 11) is 1.92. The predicted octanol–water partition coefficient (Wildman–Crippen LogP) is 5.25. The average molecular weight is 533 g/mol. The average Bonchev–Trinajstić information content (AvgIpc) is 3.21. The molecule has 0 radical (unpaired) electrons. The van der Waals surface area contributed by atoms with Crippen molar-refractivity contribution in [3.05, 3.63) is 64.8 Å². The van der Waals surface area contributed by atoms with Crippen LogP contribution in [0.1, 0.15) is 35.1 Å². The number of piperidine rings is 1. The van der Waals surface area contributed by atoms with E-state index >= 15 is 0 Å². The summed E-state index contributed by atoms with van der Waals surface area (Å²) < 4.78 is 1.81. The number of rotatable bonds is 6. The molecule has 2 aromatic heterocycles. The molecule has 1 fully saturated rings. The number of nitrogens with zero attached hydrogens (tertiary/aromatic N) is 5. The number of aryl methyl sites for hydroxylation is 3. The van der Waals surface area contributed by atoms with Crippen molar-refractivity contribution in [1.29, 1.82) is 0 Å². The molecular formula is C29H37ClN8. The summed E-state index contributed by atoms with van der Waals surface area (Å²) in [5, 5.41) is 16.0. The van der Waals surface area contributed by atoms with Crippen LogP contribution in [0.5, 0.6) is 0 Å². The fourth-order valence-corrected chi connectivity index (χ4v) is 5.73. The zero-order chi connectivity index (χ0) is 25.4. The summed E-state index contributed by atoms with van der Waals surface area (Å²) in [6, 6.07) is 12.9. The van der Waals surface area contributed by atoms with E-state index in [1.54, 1.807) is 0 Å². The van der Waals surface area contributed by atoms with Gasteiger partial charge < -0.3 is 16.0 Å². The molecule has 2 aliphatic heterocycles. The van der Waals surface area contributed by atoms with Gasteiger partial charge >= 0.3 is 0 Å². The van der Waals surface area contributed by atoms with E-state index < -0.39 is 0 Å². The summed E-state index contributed by atoms with van der Waals surface area (Å²) >= 11 is 0. The van der Waals surface area contributed by atoms with Crippen LogP contribution >= 0.6 is 12.4 Å². The van der Waals surface area contributed by atoms with Gasteiger partial charge in [0.25, 0.3) is 0 Å². The summed E-state index contributed by atoms with van der Waals surface area (Å²) in [5.41, 5.74) is 8.12. The first-order valence-corrected chi connectivity index (χ1v) is 13.4. The van der Waals surface area contributed by atoms with E-state index in [1.165, 1.54) is 41.6 Å². The molecule has 8 nitrogen and oxygen atoms in total. The van der Waals surface area contributed by atoms with Crippen LogP contribution in [-0.2, 0) is 20.0 Å². The number of fused-ring (bicyclic) bond motifs is 2. The van der Waals surface area contributed by atoms with Crippen molar-refractivity contribution >= 4 is 46.6 Å². The number of hydrogen-bond acceptors (Lipinski definition) is 7. The highest BCUT2D eigenvalue weighted by molar-refractivity contribution is 5.90. The van der Waals surface area contributed by atoms with Crippen molar-refractivity contribution in [1.82, 2.24) is 30.0 Å². The van der Waals surface area contributed by atoms with Gasteiger partial charge in [0.2, 0.25) is 5.95 Å². The van der Waals surface area contributed by atoms with E-state index in [9.17, 15) is 0 Å². The first-order valence-electron chi connectivity index (χ1n) is 13.4. The number of benzene rings is 2. The van der Waals surface area contributed by atoms with Crippen LogP contribution in [0.25, 0.3) is 11.0 Å². The second-order valence-corrected chi connectivity index (χ2v) is 10.6. The van der Waals surface area contributed by atoms with Crippen molar-refractivity contribution in [2.45, 2.75) is 39.7 Å². The number of anilines is 4. The molecule has 4 heterocycles. The second-order valence-electron chi connectivity index (χ2n) is 10.6. The Morgan fingerprint density at radius 2 is 1.82 bits per heavy atom. The fourth-order valence-electron chi connectivity index (χ4n) is 5.73. The first-order chi connectivity index (χ1) is 18.0. The van der Waals surface area contributed by atoms with Crippen LogP contribution in [0.3, 0.4) is 0 Å². The van der Waals surface area contributed by atoms with Crippen molar-refractivity contribution < 1.29 is 0 Å². The van der Waals surface area contributed by atoms with Gasteiger partial charge in [-0.05, 0) is 86.5 Å². The Morgan fingerprint density at radius 3 is 2.61 bits per heavy atom. The largest absolute Gasteiger partial charge is 0.338 e. The third kappa shape index (κ3) is 5.48. The zero-order valence-electron chi connectivity index (χ0n) is 22.4. The van der Waals surface area contributed by atoms with E-state index in [2.05, 4.69) is 76.1 Å². The smallest absolute Gasteiger partial charge is 0.229 e. The molecule has 6 rings (SSSR count). The minimum atomic E-state index is 0. The molecular weight excluding hydrogens is 496 g/mol. The molecule has 1 saturated heterocycles. The summed E-state index contributed by atoms with van der Waals surface area (Å²) in [6.45, 7) is 9.90. The van der Waals surface area contributed by atoms with Gasteiger partial charge in [0.05, 0.1) is 5.39 Å². The minimum absolute atomic E-state index is 0. The fraction of sp³-hybridized carbons (Fsp3) is 0.414. The second kappa shape index (κ2) is 11.3. The van der Waals surface area contributed by atoms with E-state index in [1.807, 2.05) is 17.9 Å². The third-order valence-electron chi connectivity index (χ3n) is 7.83. The standard InChI is InChI=1S/C29H36N8.ClH/c1-19-5-4-6-20(2)26(19)33-27-25-16-31-29(34-28(25)36(3)35-27)32-24-8-7-22-11-14-37(18-23(22)15-24)17-21-9-12-30-13-10-21;/h4-8,15-16,21,30H,9-14,17-18H2,1-3H3,(H,33,35)(H,31,32,34);1H. The van der Waals surface area contributed by atoms with Gasteiger partial charge in [-0.25, -0.2) is 9.67 Å². The highest BCUT2D eigenvalue weighted by Crippen LogP contribution is 2.30. The normalized spacial score (nSPS) is 16.2. The Bertz CT molecular complexity index is 1410. The predicted molar refractivity (Wildman–Crippen MR) is 157 cm³/mol. The lowest BCUT2D eigenvalue weighted by Crippen LogP contribution is -2.38. The SMILES string of the molecule is Cc1cccc(C)c1Nc1nn(C)c2nc(Nc3ccc4c(c3)CN(CC3CCNCC3)CC4)ncc12.Cl. The number of hydrogen-bond donors (Lipinski definition) is 3.